The Kier molecular flexibility index (Phi) is 5.06. The lowest BCUT2D eigenvalue weighted by molar-refractivity contribution is -0.115. The fraction of sp³-hybridized carbons (Fsp3) is 0.130. The zero-order valence-electron chi connectivity index (χ0n) is 15.7. The molecule has 0 fully saturated rings. The van der Waals surface area contributed by atoms with E-state index in [0.717, 1.165) is 28.8 Å². The average molecular weight is 370 g/mol. The molecular weight excluding hydrogens is 348 g/mol. The monoisotopic (exact) mass is 370 g/mol. The quantitative estimate of drug-likeness (QED) is 0.529. The highest BCUT2D eigenvalue weighted by Gasteiger charge is 2.10. The van der Waals surface area contributed by atoms with Crippen LogP contribution in [0.5, 0.6) is 0 Å². The standard InChI is InChI=1S/C23H22N4O/c1-27(16-17-7-3-2-4-8-17)22-12-11-19(15-25-22)26-23(28)13-18-14-24-21-10-6-5-9-20(18)21/h2-12,14-15,24H,13,16H2,1H3,(H,26,28). The van der Waals surface area contributed by atoms with E-state index in [0.29, 0.717) is 12.1 Å². The fourth-order valence-electron chi connectivity index (χ4n) is 3.28. The second-order valence-electron chi connectivity index (χ2n) is 6.83. The second-order valence-corrected chi connectivity index (χ2v) is 6.83. The van der Waals surface area contributed by atoms with Crippen LogP contribution in [-0.2, 0) is 17.8 Å². The number of para-hydroxylation sites is 1. The van der Waals surface area contributed by atoms with Gasteiger partial charge in [-0.05, 0) is 29.3 Å². The molecule has 0 aliphatic rings. The van der Waals surface area contributed by atoms with Gasteiger partial charge < -0.3 is 15.2 Å². The molecule has 5 heteroatoms. The number of rotatable bonds is 6. The average Bonchev–Trinajstić information content (AvgIpc) is 3.12. The summed E-state index contributed by atoms with van der Waals surface area (Å²) >= 11 is 0. The summed E-state index contributed by atoms with van der Waals surface area (Å²) in [5, 5.41) is 4.00. The van der Waals surface area contributed by atoms with Crippen molar-refractivity contribution in [3.05, 3.63) is 90.3 Å². The molecule has 0 atom stereocenters. The number of carbonyl (C=O) groups is 1. The molecule has 4 aromatic rings. The third-order valence-corrected chi connectivity index (χ3v) is 4.71. The lowest BCUT2D eigenvalue weighted by atomic mass is 10.1. The van der Waals surface area contributed by atoms with Gasteiger partial charge in [0.1, 0.15) is 5.82 Å². The van der Waals surface area contributed by atoms with Crippen LogP contribution in [0.2, 0.25) is 0 Å². The molecule has 0 unspecified atom stereocenters. The molecule has 0 saturated carbocycles. The van der Waals surface area contributed by atoms with Crippen LogP contribution in [0.3, 0.4) is 0 Å². The summed E-state index contributed by atoms with van der Waals surface area (Å²) in [6.07, 6.45) is 3.91. The predicted molar refractivity (Wildman–Crippen MR) is 113 cm³/mol. The summed E-state index contributed by atoms with van der Waals surface area (Å²) in [6.45, 7) is 0.778. The molecule has 2 heterocycles. The van der Waals surface area contributed by atoms with Crippen molar-refractivity contribution in [2.45, 2.75) is 13.0 Å². The van der Waals surface area contributed by atoms with E-state index in [-0.39, 0.29) is 5.91 Å². The van der Waals surface area contributed by atoms with Gasteiger partial charge in [-0.3, -0.25) is 4.79 Å². The van der Waals surface area contributed by atoms with Gasteiger partial charge in [0.25, 0.3) is 0 Å². The maximum atomic E-state index is 12.4. The Morgan fingerprint density at radius 2 is 1.82 bits per heavy atom. The van der Waals surface area contributed by atoms with E-state index < -0.39 is 0 Å². The topological polar surface area (TPSA) is 61.0 Å². The maximum Gasteiger partial charge on any atom is 0.228 e. The Hall–Kier alpha value is -3.60. The number of pyridine rings is 1. The third-order valence-electron chi connectivity index (χ3n) is 4.71. The van der Waals surface area contributed by atoms with Crippen molar-refractivity contribution < 1.29 is 4.79 Å². The highest BCUT2D eigenvalue weighted by atomic mass is 16.1. The Morgan fingerprint density at radius 3 is 2.61 bits per heavy atom. The molecule has 2 aromatic carbocycles. The van der Waals surface area contributed by atoms with Crippen LogP contribution in [-0.4, -0.2) is 22.9 Å². The molecule has 28 heavy (non-hydrogen) atoms. The van der Waals surface area contributed by atoms with E-state index in [2.05, 4.69) is 32.3 Å². The van der Waals surface area contributed by atoms with Gasteiger partial charge in [0.05, 0.1) is 18.3 Å². The van der Waals surface area contributed by atoms with Crippen LogP contribution in [0.25, 0.3) is 10.9 Å². The van der Waals surface area contributed by atoms with Gasteiger partial charge in [-0.25, -0.2) is 4.98 Å². The molecule has 2 aromatic heterocycles. The number of anilines is 2. The third kappa shape index (κ3) is 4.04. The smallest absolute Gasteiger partial charge is 0.228 e. The van der Waals surface area contributed by atoms with Gasteiger partial charge in [-0.15, -0.1) is 0 Å². The summed E-state index contributed by atoms with van der Waals surface area (Å²) in [4.78, 5) is 22.2. The van der Waals surface area contributed by atoms with Gasteiger partial charge in [0.2, 0.25) is 5.91 Å². The molecule has 4 rings (SSSR count). The first-order chi connectivity index (χ1) is 13.7. The van der Waals surface area contributed by atoms with E-state index >= 15 is 0 Å². The van der Waals surface area contributed by atoms with Crippen LogP contribution in [0, 0.1) is 0 Å². The molecule has 2 N–H and O–H groups in total. The van der Waals surface area contributed by atoms with Crippen molar-refractivity contribution in [3.63, 3.8) is 0 Å². The molecule has 140 valence electrons. The summed E-state index contributed by atoms with van der Waals surface area (Å²) in [5.74, 6) is 0.801. The first kappa shape index (κ1) is 17.8. The SMILES string of the molecule is CN(Cc1ccccc1)c1ccc(NC(=O)Cc2c[nH]c3ccccc23)cn1. The summed E-state index contributed by atoms with van der Waals surface area (Å²) in [5.41, 5.74) is 3.95. The van der Waals surface area contributed by atoms with E-state index in [1.54, 1.807) is 6.20 Å². The molecule has 0 saturated heterocycles. The van der Waals surface area contributed by atoms with Gasteiger partial charge in [0.15, 0.2) is 0 Å². The van der Waals surface area contributed by atoms with Gasteiger partial charge >= 0.3 is 0 Å². The van der Waals surface area contributed by atoms with Crippen LogP contribution in [0.4, 0.5) is 11.5 Å². The van der Waals surface area contributed by atoms with Crippen LogP contribution < -0.4 is 10.2 Å². The highest BCUT2D eigenvalue weighted by molar-refractivity contribution is 5.95. The maximum absolute atomic E-state index is 12.4. The zero-order valence-corrected chi connectivity index (χ0v) is 15.7. The molecule has 1 amide bonds. The molecule has 5 nitrogen and oxygen atoms in total. The molecule has 0 spiro atoms. The Balaban J connectivity index is 1.38. The Bertz CT molecular complexity index is 1070. The van der Waals surface area contributed by atoms with Crippen LogP contribution >= 0.6 is 0 Å². The van der Waals surface area contributed by atoms with Crippen molar-refractivity contribution in [3.8, 4) is 0 Å². The van der Waals surface area contributed by atoms with E-state index in [1.165, 1.54) is 5.56 Å². The Morgan fingerprint density at radius 1 is 1.04 bits per heavy atom. The number of carbonyl (C=O) groups excluding carboxylic acids is 1. The van der Waals surface area contributed by atoms with Crippen molar-refractivity contribution in [2.24, 2.45) is 0 Å². The number of fused-ring (bicyclic) bond motifs is 1. The number of H-pyrrole nitrogens is 1. The van der Waals surface area contributed by atoms with Crippen molar-refractivity contribution in [1.82, 2.24) is 9.97 Å². The minimum Gasteiger partial charge on any atom is -0.361 e. The van der Waals surface area contributed by atoms with Crippen molar-refractivity contribution in [1.29, 1.82) is 0 Å². The van der Waals surface area contributed by atoms with E-state index in [9.17, 15) is 4.79 Å². The van der Waals surface area contributed by atoms with E-state index in [1.807, 2.05) is 67.8 Å². The molecule has 0 radical (unpaired) electrons. The molecule has 0 bridgehead atoms. The number of benzene rings is 2. The van der Waals surface area contributed by atoms with Crippen molar-refractivity contribution >= 4 is 28.3 Å². The van der Waals surface area contributed by atoms with Crippen LogP contribution in [0.1, 0.15) is 11.1 Å². The summed E-state index contributed by atoms with van der Waals surface area (Å²) in [7, 11) is 2.00. The lowest BCUT2D eigenvalue weighted by Gasteiger charge is -2.18. The number of aromatic nitrogens is 2. The largest absolute Gasteiger partial charge is 0.361 e. The van der Waals surface area contributed by atoms with Gasteiger partial charge in [-0.2, -0.15) is 0 Å². The van der Waals surface area contributed by atoms with Crippen LogP contribution in [0.15, 0.2) is 79.1 Å². The first-order valence-electron chi connectivity index (χ1n) is 9.25. The molecule has 0 aliphatic carbocycles. The number of hydrogen-bond acceptors (Lipinski definition) is 3. The molecular formula is C23H22N4O. The second kappa shape index (κ2) is 7.96. The van der Waals surface area contributed by atoms with Gasteiger partial charge in [0, 0.05) is 30.7 Å². The first-order valence-corrected chi connectivity index (χ1v) is 9.25. The van der Waals surface area contributed by atoms with E-state index in [4.69, 9.17) is 0 Å². The number of nitrogens with zero attached hydrogens (tertiary/aromatic N) is 2. The number of aromatic amines is 1. The van der Waals surface area contributed by atoms with Crippen molar-refractivity contribution in [2.75, 3.05) is 17.3 Å². The fourth-order valence-corrected chi connectivity index (χ4v) is 3.28. The highest BCUT2D eigenvalue weighted by Crippen LogP contribution is 2.19. The minimum absolute atomic E-state index is 0.0584. The lowest BCUT2D eigenvalue weighted by Crippen LogP contribution is -2.18. The summed E-state index contributed by atoms with van der Waals surface area (Å²) in [6, 6.07) is 22.0. The zero-order chi connectivity index (χ0) is 19.3. The summed E-state index contributed by atoms with van der Waals surface area (Å²) < 4.78 is 0. The normalized spacial score (nSPS) is 10.8. The molecule has 0 aliphatic heterocycles. The minimum atomic E-state index is -0.0584. The predicted octanol–water partition coefficient (Wildman–Crippen LogP) is 4.38. The number of amides is 1. The Labute approximate surface area is 164 Å². The van der Waals surface area contributed by atoms with Gasteiger partial charge in [-0.1, -0.05) is 48.5 Å². The number of nitrogens with one attached hydrogen (secondary N) is 2. The number of hydrogen-bond donors (Lipinski definition) is 2.